The maximum atomic E-state index is 10.2. The predicted molar refractivity (Wildman–Crippen MR) is 90.9 cm³/mol. The minimum atomic E-state index is -0.477. The summed E-state index contributed by atoms with van der Waals surface area (Å²) in [6.45, 7) is 3.47. The second-order valence-electron chi connectivity index (χ2n) is 5.98. The number of hydrogen-bond acceptors (Lipinski definition) is 4. The van der Waals surface area contributed by atoms with Crippen LogP contribution in [0.15, 0.2) is 36.4 Å². The van der Waals surface area contributed by atoms with E-state index in [1.54, 1.807) is 27.0 Å². The molecular weight excluding hydrogens is 292 g/mol. The van der Waals surface area contributed by atoms with Crippen LogP contribution in [-0.2, 0) is 12.8 Å². The first kappa shape index (κ1) is 17.3. The first-order chi connectivity index (χ1) is 10.9. The van der Waals surface area contributed by atoms with Crippen LogP contribution in [0.25, 0.3) is 11.1 Å². The van der Waals surface area contributed by atoms with E-state index in [4.69, 9.17) is 4.74 Å². The van der Waals surface area contributed by atoms with Gasteiger partial charge in [0.25, 0.3) is 0 Å². The number of methoxy groups -OCH3 is 1. The predicted octanol–water partition coefficient (Wildman–Crippen LogP) is 2.91. The number of aliphatic hydroxyl groups excluding tert-OH is 2. The Morgan fingerprint density at radius 3 is 2.26 bits per heavy atom. The normalized spacial score (nSPS) is 13.6. The Morgan fingerprint density at radius 1 is 0.957 bits per heavy atom. The Morgan fingerprint density at radius 2 is 1.65 bits per heavy atom. The molecule has 0 aromatic heterocycles. The second-order valence-corrected chi connectivity index (χ2v) is 5.98. The summed E-state index contributed by atoms with van der Waals surface area (Å²) in [6, 6.07) is 11.0. The Labute approximate surface area is 137 Å². The van der Waals surface area contributed by atoms with Crippen molar-refractivity contribution in [3.63, 3.8) is 0 Å². The van der Waals surface area contributed by atoms with Crippen molar-refractivity contribution in [2.24, 2.45) is 0 Å². The minimum Gasteiger partial charge on any atom is -0.507 e. The fourth-order valence-corrected chi connectivity index (χ4v) is 2.71. The lowest BCUT2D eigenvalue weighted by Gasteiger charge is -2.14. The van der Waals surface area contributed by atoms with E-state index in [0.717, 1.165) is 16.7 Å². The summed E-state index contributed by atoms with van der Waals surface area (Å²) in [5.41, 5.74) is 3.41. The van der Waals surface area contributed by atoms with Crippen LogP contribution in [0.2, 0.25) is 0 Å². The van der Waals surface area contributed by atoms with Gasteiger partial charge in [-0.05, 0) is 61.2 Å². The molecule has 2 atom stereocenters. The van der Waals surface area contributed by atoms with Crippen LogP contribution in [-0.4, -0.2) is 34.6 Å². The summed E-state index contributed by atoms with van der Waals surface area (Å²) < 4.78 is 5.34. The number of phenolic OH excluding ortho intramolecular Hbond substituents is 1. The second kappa shape index (κ2) is 7.49. The van der Waals surface area contributed by atoms with Gasteiger partial charge in [0.2, 0.25) is 0 Å². The molecule has 0 aliphatic rings. The van der Waals surface area contributed by atoms with Crippen LogP contribution in [0, 0.1) is 0 Å². The molecule has 0 aliphatic heterocycles. The van der Waals surface area contributed by atoms with Crippen LogP contribution in [0.3, 0.4) is 0 Å². The highest BCUT2D eigenvalue weighted by atomic mass is 16.5. The van der Waals surface area contributed by atoms with Crippen molar-refractivity contribution in [1.29, 1.82) is 0 Å². The molecule has 2 aromatic rings. The first-order valence-electron chi connectivity index (χ1n) is 7.76. The molecule has 0 heterocycles. The van der Waals surface area contributed by atoms with Crippen LogP contribution >= 0.6 is 0 Å². The van der Waals surface area contributed by atoms with Crippen LogP contribution in [0.4, 0.5) is 0 Å². The molecule has 0 amide bonds. The van der Waals surface area contributed by atoms with Gasteiger partial charge in [-0.3, -0.25) is 0 Å². The highest BCUT2D eigenvalue weighted by Crippen LogP contribution is 2.33. The molecule has 4 nitrogen and oxygen atoms in total. The maximum absolute atomic E-state index is 10.2. The number of phenols is 1. The molecule has 0 saturated carbocycles. The van der Waals surface area contributed by atoms with Crippen LogP contribution in [0.5, 0.6) is 11.5 Å². The SMILES string of the molecule is COc1ccc(-c2cc(C[C@H](C)O)ccc2O)cc1C[C@H](C)O. The van der Waals surface area contributed by atoms with Gasteiger partial charge >= 0.3 is 0 Å². The Bertz CT molecular complexity index is 662. The van der Waals surface area contributed by atoms with Gasteiger partial charge in [-0.25, -0.2) is 0 Å². The minimum absolute atomic E-state index is 0.188. The van der Waals surface area contributed by atoms with Crippen molar-refractivity contribution in [1.82, 2.24) is 0 Å². The lowest BCUT2D eigenvalue weighted by Crippen LogP contribution is -2.06. The van der Waals surface area contributed by atoms with Crippen molar-refractivity contribution in [2.45, 2.75) is 38.9 Å². The summed E-state index contributed by atoms with van der Waals surface area (Å²) in [7, 11) is 1.60. The van der Waals surface area contributed by atoms with E-state index in [-0.39, 0.29) is 5.75 Å². The first-order valence-corrected chi connectivity index (χ1v) is 7.76. The Kier molecular flexibility index (Phi) is 5.64. The van der Waals surface area contributed by atoms with Gasteiger partial charge in [0.05, 0.1) is 19.3 Å². The zero-order valence-corrected chi connectivity index (χ0v) is 13.8. The van der Waals surface area contributed by atoms with Gasteiger partial charge in [-0.1, -0.05) is 12.1 Å². The molecule has 0 spiro atoms. The Hall–Kier alpha value is -2.04. The number of aliphatic hydroxyl groups is 2. The standard InChI is InChI=1S/C19H24O4/c1-12(20)8-14-4-6-18(22)17(10-14)15-5-7-19(23-3)16(11-15)9-13(2)21/h4-7,10-13,20-22H,8-9H2,1-3H3/t12-,13-/m0/s1. The molecule has 4 heteroatoms. The number of hydrogen-bond donors (Lipinski definition) is 3. The number of ether oxygens (including phenoxy) is 1. The van der Waals surface area contributed by atoms with Crippen LogP contribution < -0.4 is 4.74 Å². The lowest BCUT2D eigenvalue weighted by molar-refractivity contribution is 0.194. The number of rotatable bonds is 6. The molecule has 124 valence electrons. The fourth-order valence-electron chi connectivity index (χ4n) is 2.71. The summed E-state index contributed by atoms with van der Waals surface area (Å²) >= 11 is 0. The summed E-state index contributed by atoms with van der Waals surface area (Å²) in [6.07, 6.45) is 0.0955. The van der Waals surface area contributed by atoms with Gasteiger partial charge in [-0.15, -0.1) is 0 Å². The molecule has 0 saturated heterocycles. The van der Waals surface area contributed by atoms with Crippen LogP contribution in [0.1, 0.15) is 25.0 Å². The zero-order valence-electron chi connectivity index (χ0n) is 13.8. The summed E-state index contributed by atoms with van der Waals surface area (Å²) in [5, 5.41) is 29.4. The van der Waals surface area contributed by atoms with Gasteiger partial charge in [0, 0.05) is 12.0 Å². The number of benzene rings is 2. The quantitative estimate of drug-likeness (QED) is 0.766. The lowest BCUT2D eigenvalue weighted by atomic mass is 9.96. The molecule has 3 N–H and O–H groups in total. The molecule has 0 unspecified atom stereocenters. The van der Waals surface area contributed by atoms with Crippen molar-refractivity contribution in [2.75, 3.05) is 7.11 Å². The molecular formula is C19H24O4. The van der Waals surface area contributed by atoms with E-state index in [9.17, 15) is 15.3 Å². The fraction of sp³-hybridized carbons (Fsp3) is 0.368. The highest BCUT2D eigenvalue weighted by molar-refractivity contribution is 5.72. The van der Waals surface area contributed by atoms with Crippen molar-refractivity contribution < 1.29 is 20.1 Å². The van der Waals surface area contributed by atoms with E-state index in [1.165, 1.54) is 0 Å². The average molecular weight is 316 g/mol. The summed E-state index contributed by atoms with van der Waals surface area (Å²) in [5.74, 6) is 0.904. The van der Waals surface area contributed by atoms with Crippen molar-refractivity contribution in [3.05, 3.63) is 47.5 Å². The van der Waals surface area contributed by atoms with E-state index in [0.29, 0.717) is 24.2 Å². The van der Waals surface area contributed by atoms with E-state index >= 15 is 0 Å². The van der Waals surface area contributed by atoms with E-state index in [1.807, 2.05) is 30.3 Å². The average Bonchev–Trinajstić information content (AvgIpc) is 2.48. The molecule has 23 heavy (non-hydrogen) atoms. The van der Waals surface area contributed by atoms with E-state index in [2.05, 4.69) is 0 Å². The van der Waals surface area contributed by atoms with Crippen molar-refractivity contribution in [3.8, 4) is 22.6 Å². The largest absolute Gasteiger partial charge is 0.507 e. The zero-order chi connectivity index (χ0) is 17.0. The smallest absolute Gasteiger partial charge is 0.123 e. The third-order valence-electron chi connectivity index (χ3n) is 3.70. The molecule has 0 fully saturated rings. The van der Waals surface area contributed by atoms with Gasteiger partial charge in [-0.2, -0.15) is 0 Å². The van der Waals surface area contributed by atoms with Gasteiger partial charge < -0.3 is 20.1 Å². The molecule has 2 rings (SSSR count). The monoisotopic (exact) mass is 316 g/mol. The van der Waals surface area contributed by atoms with E-state index < -0.39 is 12.2 Å². The highest BCUT2D eigenvalue weighted by Gasteiger charge is 2.12. The molecule has 0 bridgehead atoms. The maximum Gasteiger partial charge on any atom is 0.123 e. The Balaban J connectivity index is 2.44. The topological polar surface area (TPSA) is 69.9 Å². The molecule has 2 aromatic carbocycles. The van der Waals surface area contributed by atoms with Gasteiger partial charge in [0.15, 0.2) is 0 Å². The van der Waals surface area contributed by atoms with Gasteiger partial charge in [0.1, 0.15) is 11.5 Å². The molecule has 0 aliphatic carbocycles. The third kappa shape index (κ3) is 4.47. The van der Waals surface area contributed by atoms with Crippen molar-refractivity contribution >= 4 is 0 Å². The third-order valence-corrected chi connectivity index (χ3v) is 3.70. The molecule has 0 radical (unpaired) electrons. The number of aromatic hydroxyl groups is 1. The summed E-state index contributed by atoms with van der Waals surface area (Å²) in [4.78, 5) is 0.